The maximum atomic E-state index is 14.4. The zero-order valence-corrected chi connectivity index (χ0v) is 19.5. The molecule has 9 heteroatoms. The number of Topliss-reactive ketones (excluding diaryl/α,β-unsaturated/α-hetero) is 1. The maximum Gasteiger partial charge on any atom is 0.251 e. The topological polar surface area (TPSA) is 82.2 Å². The molecule has 3 aliphatic rings. The standard InChI is InChI=1S/C24H33FN4O4/c1-15(2)12-19(24(32)29-13-18(25)22-21(29)20(30)14-33-22)26-23(31)16-4-6-17(7-5-16)28-10-8-27(3)9-11-28/h4-7,15,18-19,21-22H,8-14H2,1-3H3,(H,26,31)/t18-,19+,21-,22-/m1/s1. The molecule has 3 heterocycles. The molecular weight excluding hydrogens is 427 g/mol. The van der Waals surface area contributed by atoms with Gasteiger partial charge in [-0.05, 0) is 43.7 Å². The van der Waals surface area contributed by atoms with Crippen molar-refractivity contribution in [2.24, 2.45) is 5.92 Å². The Morgan fingerprint density at radius 1 is 1.15 bits per heavy atom. The van der Waals surface area contributed by atoms with Crippen LogP contribution in [0, 0.1) is 5.92 Å². The van der Waals surface area contributed by atoms with Crippen molar-refractivity contribution in [3.05, 3.63) is 29.8 Å². The van der Waals surface area contributed by atoms with E-state index in [-0.39, 0.29) is 30.8 Å². The molecule has 0 spiro atoms. The lowest BCUT2D eigenvalue weighted by Crippen LogP contribution is -2.52. The molecule has 2 amide bonds. The van der Waals surface area contributed by atoms with Crippen molar-refractivity contribution in [3.63, 3.8) is 0 Å². The van der Waals surface area contributed by atoms with E-state index in [0.29, 0.717) is 12.0 Å². The number of anilines is 1. The fourth-order valence-corrected chi connectivity index (χ4v) is 4.85. The Kier molecular flexibility index (Phi) is 6.99. The molecule has 0 radical (unpaired) electrons. The Balaban J connectivity index is 1.44. The van der Waals surface area contributed by atoms with E-state index in [1.54, 1.807) is 12.1 Å². The van der Waals surface area contributed by atoms with Crippen molar-refractivity contribution in [1.82, 2.24) is 15.1 Å². The Hall–Kier alpha value is -2.52. The Morgan fingerprint density at radius 3 is 2.45 bits per heavy atom. The zero-order chi connectivity index (χ0) is 23.7. The Labute approximate surface area is 194 Å². The Morgan fingerprint density at radius 2 is 1.82 bits per heavy atom. The molecule has 3 aliphatic heterocycles. The number of ketones is 1. The van der Waals surface area contributed by atoms with Gasteiger partial charge in [0.1, 0.15) is 31.0 Å². The van der Waals surface area contributed by atoms with Gasteiger partial charge < -0.3 is 24.8 Å². The van der Waals surface area contributed by atoms with Gasteiger partial charge in [0.15, 0.2) is 5.78 Å². The van der Waals surface area contributed by atoms with Gasteiger partial charge in [-0.15, -0.1) is 0 Å². The lowest BCUT2D eigenvalue weighted by atomic mass is 10.0. The second kappa shape index (κ2) is 9.77. The van der Waals surface area contributed by atoms with Crippen LogP contribution < -0.4 is 10.2 Å². The van der Waals surface area contributed by atoms with Crippen molar-refractivity contribution >= 4 is 23.3 Å². The fraction of sp³-hybridized carbons (Fsp3) is 0.625. The largest absolute Gasteiger partial charge is 0.369 e. The average Bonchev–Trinajstić information content (AvgIpc) is 3.33. The van der Waals surface area contributed by atoms with Crippen molar-refractivity contribution in [1.29, 1.82) is 0 Å². The van der Waals surface area contributed by atoms with Crippen LogP contribution in [-0.2, 0) is 14.3 Å². The first-order chi connectivity index (χ1) is 15.7. The molecule has 0 bridgehead atoms. The van der Waals surface area contributed by atoms with E-state index in [4.69, 9.17) is 4.74 Å². The number of ether oxygens (including phenoxy) is 1. The van der Waals surface area contributed by atoms with Gasteiger partial charge in [0, 0.05) is 37.4 Å². The summed E-state index contributed by atoms with van der Waals surface area (Å²) in [6.45, 7) is 7.38. The molecule has 3 saturated heterocycles. The minimum atomic E-state index is -1.40. The molecule has 0 saturated carbocycles. The zero-order valence-electron chi connectivity index (χ0n) is 19.5. The summed E-state index contributed by atoms with van der Waals surface area (Å²) >= 11 is 0. The monoisotopic (exact) mass is 460 g/mol. The molecule has 1 N–H and O–H groups in total. The van der Waals surface area contributed by atoms with Crippen LogP contribution in [0.1, 0.15) is 30.6 Å². The molecule has 180 valence electrons. The number of carbonyl (C=O) groups is 3. The van der Waals surface area contributed by atoms with Crippen LogP contribution in [0.5, 0.6) is 0 Å². The van der Waals surface area contributed by atoms with Gasteiger partial charge in [0.05, 0.1) is 6.54 Å². The van der Waals surface area contributed by atoms with Gasteiger partial charge in [0.2, 0.25) is 5.91 Å². The maximum absolute atomic E-state index is 14.4. The van der Waals surface area contributed by atoms with E-state index >= 15 is 0 Å². The van der Waals surface area contributed by atoms with Crippen molar-refractivity contribution in [3.8, 4) is 0 Å². The number of benzene rings is 1. The highest BCUT2D eigenvalue weighted by Crippen LogP contribution is 2.30. The number of halogens is 1. The van der Waals surface area contributed by atoms with Crippen LogP contribution in [0.25, 0.3) is 0 Å². The first-order valence-corrected chi connectivity index (χ1v) is 11.7. The molecule has 3 fully saturated rings. The molecule has 4 rings (SSSR count). The van der Waals surface area contributed by atoms with Crippen LogP contribution in [0.2, 0.25) is 0 Å². The van der Waals surface area contributed by atoms with E-state index in [2.05, 4.69) is 22.2 Å². The fourth-order valence-electron chi connectivity index (χ4n) is 4.85. The summed E-state index contributed by atoms with van der Waals surface area (Å²) in [5.41, 5.74) is 1.52. The van der Waals surface area contributed by atoms with Crippen LogP contribution in [-0.4, -0.2) is 98.1 Å². The third-order valence-electron chi connectivity index (χ3n) is 6.71. The second-order valence-corrected chi connectivity index (χ2v) is 9.69. The van der Waals surface area contributed by atoms with Gasteiger partial charge in [-0.25, -0.2) is 4.39 Å². The first kappa shape index (κ1) is 23.6. The average molecular weight is 461 g/mol. The summed E-state index contributed by atoms with van der Waals surface area (Å²) in [5.74, 6) is -0.961. The quantitative estimate of drug-likeness (QED) is 0.685. The highest BCUT2D eigenvalue weighted by Gasteiger charge is 2.53. The number of fused-ring (bicyclic) bond motifs is 1. The number of rotatable bonds is 6. The number of hydrogen-bond acceptors (Lipinski definition) is 6. The normalized spacial score (nSPS) is 26.6. The molecule has 4 atom stereocenters. The second-order valence-electron chi connectivity index (χ2n) is 9.69. The van der Waals surface area contributed by atoms with Crippen LogP contribution in [0.3, 0.4) is 0 Å². The summed E-state index contributed by atoms with van der Waals surface area (Å²) in [6, 6.07) is 5.63. The molecule has 33 heavy (non-hydrogen) atoms. The number of alkyl halides is 1. The molecular formula is C24H33FN4O4. The number of hydrogen-bond donors (Lipinski definition) is 1. The number of nitrogens with one attached hydrogen (secondary N) is 1. The van der Waals surface area contributed by atoms with Crippen molar-refractivity contribution < 1.29 is 23.5 Å². The molecule has 8 nitrogen and oxygen atoms in total. The predicted octanol–water partition coefficient (Wildman–Crippen LogP) is 1.10. The third-order valence-corrected chi connectivity index (χ3v) is 6.71. The summed E-state index contributed by atoms with van der Waals surface area (Å²) in [5, 5.41) is 2.83. The number of amides is 2. The minimum Gasteiger partial charge on any atom is -0.369 e. The molecule has 0 unspecified atom stereocenters. The lowest BCUT2D eigenvalue weighted by molar-refractivity contribution is -0.138. The molecule has 1 aromatic rings. The van der Waals surface area contributed by atoms with Crippen LogP contribution >= 0.6 is 0 Å². The van der Waals surface area contributed by atoms with E-state index in [9.17, 15) is 18.8 Å². The van der Waals surface area contributed by atoms with E-state index in [0.717, 1.165) is 31.9 Å². The molecule has 0 aliphatic carbocycles. The van der Waals surface area contributed by atoms with Crippen molar-refractivity contribution in [2.45, 2.75) is 44.6 Å². The number of piperazine rings is 1. The number of likely N-dealkylation sites (N-methyl/N-ethyl adjacent to an activating group) is 1. The van der Waals surface area contributed by atoms with Gasteiger partial charge in [-0.2, -0.15) is 0 Å². The van der Waals surface area contributed by atoms with Gasteiger partial charge in [-0.3, -0.25) is 14.4 Å². The first-order valence-electron chi connectivity index (χ1n) is 11.7. The summed E-state index contributed by atoms with van der Waals surface area (Å²) in [4.78, 5) is 44.3. The van der Waals surface area contributed by atoms with Crippen LogP contribution in [0.15, 0.2) is 24.3 Å². The number of nitrogens with zero attached hydrogens (tertiary/aromatic N) is 3. The van der Waals surface area contributed by atoms with Gasteiger partial charge in [0.25, 0.3) is 5.91 Å². The summed E-state index contributed by atoms with van der Waals surface area (Å²) in [6.07, 6.45) is -1.91. The lowest BCUT2D eigenvalue weighted by Gasteiger charge is -2.34. The van der Waals surface area contributed by atoms with E-state index in [1.165, 1.54) is 4.90 Å². The summed E-state index contributed by atoms with van der Waals surface area (Å²) in [7, 11) is 2.10. The van der Waals surface area contributed by atoms with Crippen LogP contribution in [0.4, 0.5) is 10.1 Å². The predicted molar refractivity (Wildman–Crippen MR) is 122 cm³/mol. The minimum absolute atomic E-state index is 0.119. The molecule has 0 aromatic heterocycles. The summed E-state index contributed by atoms with van der Waals surface area (Å²) < 4.78 is 19.6. The Bertz CT molecular complexity index is 885. The van der Waals surface area contributed by atoms with Gasteiger partial charge in [-0.1, -0.05) is 13.8 Å². The highest BCUT2D eigenvalue weighted by atomic mass is 19.1. The number of likely N-dealkylation sites (tertiary alicyclic amines) is 1. The van der Waals surface area contributed by atoms with E-state index in [1.807, 2.05) is 26.0 Å². The SMILES string of the molecule is CC(C)C[C@H](NC(=O)c1ccc(N2CCN(C)CC2)cc1)C(=O)N1C[C@@H](F)[C@H]2OCC(=O)[C@H]21. The van der Waals surface area contributed by atoms with Gasteiger partial charge >= 0.3 is 0 Å². The van der Waals surface area contributed by atoms with E-state index < -0.39 is 30.3 Å². The highest BCUT2D eigenvalue weighted by molar-refractivity contribution is 5.99. The number of carbonyl (C=O) groups excluding carboxylic acids is 3. The third kappa shape index (κ3) is 5.04. The molecule has 1 aromatic carbocycles. The smallest absolute Gasteiger partial charge is 0.251 e. The van der Waals surface area contributed by atoms with Crippen molar-refractivity contribution in [2.75, 3.05) is 51.3 Å².